The number of piperidine rings is 2. The molecule has 0 saturated carbocycles. The van der Waals surface area contributed by atoms with Crippen molar-refractivity contribution < 1.29 is 4.74 Å². The Bertz CT molecular complexity index is 270. The van der Waals surface area contributed by atoms with Crippen LogP contribution >= 0.6 is 0 Å². The molecule has 3 rings (SSSR count). The van der Waals surface area contributed by atoms with Gasteiger partial charge in [-0.1, -0.05) is 0 Å². The van der Waals surface area contributed by atoms with E-state index in [1.807, 2.05) is 0 Å². The summed E-state index contributed by atoms with van der Waals surface area (Å²) in [5.41, 5.74) is 0.687. The number of nitrogens with zero attached hydrogens (tertiary/aromatic N) is 2. The molecule has 3 aliphatic heterocycles. The van der Waals surface area contributed by atoms with Gasteiger partial charge < -0.3 is 9.64 Å². The van der Waals surface area contributed by atoms with Gasteiger partial charge in [-0.05, 0) is 71.1 Å². The Morgan fingerprint density at radius 3 is 1.94 bits per heavy atom. The Morgan fingerprint density at radius 2 is 1.50 bits per heavy atom. The van der Waals surface area contributed by atoms with Crippen molar-refractivity contribution in [1.29, 1.82) is 0 Å². The first-order valence-corrected chi connectivity index (χ1v) is 7.74. The van der Waals surface area contributed by atoms with Crippen molar-refractivity contribution in [2.75, 3.05) is 39.4 Å². The van der Waals surface area contributed by atoms with Gasteiger partial charge in [-0.25, -0.2) is 0 Å². The van der Waals surface area contributed by atoms with Gasteiger partial charge in [0.05, 0.1) is 19.3 Å². The van der Waals surface area contributed by atoms with E-state index in [-0.39, 0.29) is 0 Å². The predicted molar refractivity (Wildman–Crippen MR) is 73.8 cm³/mol. The summed E-state index contributed by atoms with van der Waals surface area (Å²) in [4.78, 5) is 5.32. The van der Waals surface area contributed by atoms with E-state index in [0.717, 1.165) is 25.3 Å². The third-order valence-electron chi connectivity index (χ3n) is 5.58. The minimum Gasteiger partial charge on any atom is -0.378 e. The van der Waals surface area contributed by atoms with Crippen LogP contribution in [0.5, 0.6) is 0 Å². The molecule has 3 heterocycles. The van der Waals surface area contributed by atoms with Crippen LogP contribution in [0, 0.1) is 5.41 Å². The molecule has 0 aliphatic carbocycles. The van der Waals surface area contributed by atoms with Gasteiger partial charge in [0.1, 0.15) is 0 Å². The highest BCUT2D eigenvalue weighted by Gasteiger charge is 2.40. The second-order valence-corrected chi connectivity index (χ2v) is 6.86. The molecule has 0 bridgehead atoms. The van der Waals surface area contributed by atoms with Gasteiger partial charge in [-0.2, -0.15) is 0 Å². The maximum atomic E-state index is 5.32. The minimum absolute atomic E-state index is 0.687. The second kappa shape index (κ2) is 5.10. The van der Waals surface area contributed by atoms with E-state index < -0.39 is 0 Å². The van der Waals surface area contributed by atoms with E-state index in [1.54, 1.807) is 0 Å². The third kappa shape index (κ3) is 2.45. The molecule has 0 amide bonds. The number of likely N-dealkylation sites (tertiary alicyclic amines) is 2. The zero-order chi connectivity index (χ0) is 12.6. The highest BCUT2D eigenvalue weighted by Crippen LogP contribution is 2.42. The van der Waals surface area contributed by atoms with Gasteiger partial charge in [0.2, 0.25) is 0 Å². The number of hydrogen-bond donors (Lipinski definition) is 0. The average molecular weight is 252 g/mol. The fraction of sp³-hybridized carbons (Fsp3) is 1.00. The molecular weight excluding hydrogens is 224 g/mol. The van der Waals surface area contributed by atoms with Crippen molar-refractivity contribution in [2.45, 2.75) is 51.6 Å². The van der Waals surface area contributed by atoms with Crippen molar-refractivity contribution in [1.82, 2.24) is 9.80 Å². The first kappa shape index (κ1) is 12.9. The average Bonchev–Trinajstić information content (AvgIpc) is 2.31. The summed E-state index contributed by atoms with van der Waals surface area (Å²) in [6.07, 6.45) is 5.71. The van der Waals surface area contributed by atoms with Crippen LogP contribution in [0.2, 0.25) is 0 Å². The van der Waals surface area contributed by atoms with Crippen LogP contribution < -0.4 is 0 Å². The second-order valence-electron chi connectivity index (χ2n) is 6.86. The summed E-state index contributed by atoms with van der Waals surface area (Å²) >= 11 is 0. The Hall–Kier alpha value is -0.120. The van der Waals surface area contributed by atoms with Crippen molar-refractivity contribution in [3.8, 4) is 0 Å². The normalized spacial score (nSPS) is 30.8. The summed E-state index contributed by atoms with van der Waals surface area (Å²) in [5, 5.41) is 0. The molecule has 1 spiro atoms. The molecular formula is C15H28N2O. The van der Waals surface area contributed by atoms with Crippen LogP contribution in [-0.4, -0.2) is 61.3 Å². The SMILES string of the molecule is CC(C)N1CCC2(CC1)CCN(C1COC1)CC2. The van der Waals surface area contributed by atoms with Crippen molar-refractivity contribution >= 4 is 0 Å². The Labute approximate surface area is 111 Å². The molecule has 0 aromatic heterocycles. The van der Waals surface area contributed by atoms with Gasteiger partial charge in [0, 0.05) is 6.04 Å². The summed E-state index contributed by atoms with van der Waals surface area (Å²) in [7, 11) is 0. The van der Waals surface area contributed by atoms with E-state index >= 15 is 0 Å². The molecule has 0 aromatic carbocycles. The summed E-state index contributed by atoms with van der Waals surface area (Å²) in [6.45, 7) is 11.9. The van der Waals surface area contributed by atoms with Crippen LogP contribution in [0.3, 0.4) is 0 Å². The fourth-order valence-corrected chi connectivity index (χ4v) is 3.81. The standard InChI is InChI=1S/C15H28N2O/c1-13(2)16-7-3-15(4-8-16)5-9-17(10-6-15)14-11-18-12-14/h13-14H,3-12H2,1-2H3. The molecule has 104 valence electrons. The lowest BCUT2D eigenvalue weighted by Crippen LogP contribution is -2.55. The zero-order valence-electron chi connectivity index (χ0n) is 12.0. The Morgan fingerprint density at radius 1 is 0.944 bits per heavy atom. The van der Waals surface area contributed by atoms with Gasteiger partial charge in [0.15, 0.2) is 0 Å². The molecule has 0 unspecified atom stereocenters. The molecule has 3 nitrogen and oxygen atoms in total. The van der Waals surface area contributed by atoms with Crippen molar-refractivity contribution in [2.24, 2.45) is 5.41 Å². The lowest BCUT2D eigenvalue weighted by Gasteiger charge is -2.50. The largest absolute Gasteiger partial charge is 0.378 e. The number of rotatable bonds is 2. The molecule has 3 heteroatoms. The van der Waals surface area contributed by atoms with Gasteiger partial charge in [-0.3, -0.25) is 4.90 Å². The predicted octanol–water partition coefficient (Wildman–Crippen LogP) is 1.97. The molecule has 3 aliphatic rings. The van der Waals surface area contributed by atoms with Crippen LogP contribution in [0.15, 0.2) is 0 Å². The van der Waals surface area contributed by atoms with E-state index in [0.29, 0.717) is 5.41 Å². The Balaban J connectivity index is 1.49. The fourth-order valence-electron chi connectivity index (χ4n) is 3.81. The highest BCUT2D eigenvalue weighted by molar-refractivity contribution is 4.93. The third-order valence-corrected chi connectivity index (χ3v) is 5.58. The van der Waals surface area contributed by atoms with Crippen LogP contribution in [0.25, 0.3) is 0 Å². The molecule has 3 fully saturated rings. The minimum atomic E-state index is 0.687. The summed E-state index contributed by atoms with van der Waals surface area (Å²) in [5.74, 6) is 0. The van der Waals surface area contributed by atoms with Crippen LogP contribution in [0.4, 0.5) is 0 Å². The molecule has 0 aromatic rings. The van der Waals surface area contributed by atoms with E-state index in [9.17, 15) is 0 Å². The molecule has 18 heavy (non-hydrogen) atoms. The van der Waals surface area contributed by atoms with Crippen molar-refractivity contribution in [3.05, 3.63) is 0 Å². The topological polar surface area (TPSA) is 15.7 Å². The lowest BCUT2D eigenvalue weighted by molar-refractivity contribution is -0.0874. The highest BCUT2D eigenvalue weighted by atomic mass is 16.5. The van der Waals surface area contributed by atoms with Gasteiger partial charge in [0.25, 0.3) is 0 Å². The quantitative estimate of drug-likeness (QED) is 0.747. The Kier molecular flexibility index (Phi) is 3.65. The summed E-state index contributed by atoms with van der Waals surface area (Å²) in [6, 6.07) is 1.48. The molecule has 0 atom stereocenters. The molecule has 3 saturated heterocycles. The van der Waals surface area contributed by atoms with E-state index in [4.69, 9.17) is 4.74 Å². The monoisotopic (exact) mass is 252 g/mol. The summed E-state index contributed by atoms with van der Waals surface area (Å²) < 4.78 is 5.32. The van der Waals surface area contributed by atoms with Crippen LogP contribution in [0.1, 0.15) is 39.5 Å². The lowest BCUT2D eigenvalue weighted by atomic mass is 9.71. The van der Waals surface area contributed by atoms with Crippen molar-refractivity contribution in [3.63, 3.8) is 0 Å². The van der Waals surface area contributed by atoms with Gasteiger partial charge in [-0.15, -0.1) is 0 Å². The van der Waals surface area contributed by atoms with Crippen LogP contribution in [-0.2, 0) is 4.74 Å². The number of ether oxygens (including phenoxy) is 1. The smallest absolute Gasteiger partial charge is 0.0645 e. The zero-order valence-corrected chi connectivity index (χ0v) is 12.0. The maximum absolute atomic E-state index is 5.32. The van der Waals surface area contributed by atoms with E-state index in [1.165, 1.54) is 51.9 Å². The number of hydrogen-bond acceptors (Lipinski definition) is 3. The maximum Gasteiger partial charge on any atom is 0.0645 e. The first-order valence-electron chi connectivity index (χ1n) is 7.74. The van der Waals surface area contributed by atoms with Gasteiger partial charge >= 0.3 is 0 Å². The first-order chi connectivity index (χ1) is 8.69. The molecule has 0 N–H and O–H groups in total. The van der Waals surface area contributed by atoms with E-state index in [2.05, 4.69) is 23.6 Å². The molecule has 0 radical (unpaired) electrons.